The fraction of sp³-hybridized carbons (Fsp3) is 0.400. The number of methoxy groups -OCH3 is 1. The largest absolute Gasteiger partial charge is 0.504 e. The minimum Gasteiger partial charge on any atom is -0.504 e. The van der Waals surface area contributed by atoms with Gasteiger partial charge in [-0.1, -0.05) is 31.4 Å². The Morgan fingerprint density at radius 3 is 2.73 bits per heavy atom. The molecule has 1 aliphatic carbocycles. The van der Waals surface area contributed by atoms with Crippen molar-refractivity contribution in [2.24, 2.45) is 5.41 Å². The molecular formula is C30H34N4O6. The lowest BCUT2D eigenvalue weighted by Gasteiger charge is -2.37. The zero-order chi connectivity index (χ0) is 28.3. The number of ether oxygens (including phenoxy) is 1. The highest BCUT2D eigenvalue weighted by atomic mass is 16.5. The van der Waals surface area contributed by atoms with Crippen molar-refractivity contribution < 1.29 is 24.2 Å². The van der Waals surface area contributed by atoms with Gasteiger partial charge in [0.1, 0.15) is 11.6 Å². The SMILES string of the molecule is COc1cc(C(CC(=O)NCC2(Cc3nnc4ccccn34)CCCCC2)c2oc(C)cc(=O)c2O)ccc1O. The van der Waals surface area contributed by atoms with E-state index in [4.69, 9.17) is 9.15 Å². The second kappa shape index (κ2) is 11.4. The van der Waals surface area contributed by atoms with Crippen LogP contribution >= 0.6 is 0 Å². The summed E-state index contributed by atoms with van der Waals surface area (Å²) in [5.41, 5.74) is 0.592. The number of aromatic hydroxyl groups is 2. The van der Waals surface area contributed by atoms with E-state index in [9.17, 15) is 19.8 Å². The average molecular weight is 547 g/mol. The molecule has 0 saturated heterocycles. The quantitative estimate of drug-likeness (QED) is 0.283. The van der Waals surface area contributed by atoms with E-state index >= 15 is 0 Å². The summed E-state index contributed by atoms with van der Waals surface area (Å²) in [6, 6.07) is 11.7. The van der Waals surface area contributed by atoms with Crippen molar-refractivity contribution in [3.63, 3.8) is 0 Å². The van der Waals surface area contributed by atoms with Gasteiger partial charge in [-0.15, -0.1) is 10.2 Å². The van der Waals surface area contributed by atoms with E-state index < -0.39 is 17.1 Å². The van der Waals surface area contributed by atoms with E-state index in [2.05, 4.69) is 15.5 Å². The lowest BCUT2D eigenvalue weighted by Crippen LogP contribution is -2.41. The molecule has 4 aromatic rings. The summed E-state index contributed by atoms with van der Waals surface area (Å²) in [6.45, 7) is 2.07. The summed E-state index contributed by atoms with van der Waals surface area (Å²) in [5.74, 6) is -0.263. The van der Waals surface area contributed by atoms with Crippen LogP contribution in [-0.2, 0) is 11.2 Å². The highest BCUT2D eigenvalue weighted by Gasteiger charge is 2.35. The Morgan fingerprint density at radius 1 is 1.15 bits per heavy atom. The van der Waals surface area contributed by atoms with Gasteiger partial charge in [-0.25, -0.2) is 0 Å². The Labute approximate surface area is 231 Å². The molecule has 3 N–H and O–H groups in total. The van der Waals surface area contributed by atoms with E-state index in [1.54, 1.807) is 19.1 Å². The summed E-state index contributed by atoms with van der Waals surface area (Å²) in [4.78, 5) is 25.9. The maximum Gasteiger partial charge on any atom is 0.227 e. The number of hydrogen-bond acceptors (Lipinski definition) is 8. The number of fused-ring (bicyclic) bond motifs is 1. The summed E-state index contributed by atoms with van der Waals surface area (Å²) in [5, 5.41) is 32.6. The van der Waals surface area contributed by atoms with E-state index in [-0.39, 0.29) is 35.0 Å². The summed E-state index contributed by atoms with van der Waals surface area (Å²) in [7, 11) is 1.42. The first-order valence-corrected chi connectivity index (χ1v) is 13.5. The number of amides is 1. The fourth-order valence-corrected chi connectivity index (χ4v) is 5.74. The average Bonchev–Trinajstić information content (AvgIpc) is 3.36. The topological polar surface area (TPSA) is 139 Å². The Kier molecular flexibility index (Phi) is 7.77. The molecule has 5 rings (SSSR count). The van der Waals surface area contributed by atoms with Crippen LogP contribution in [0.3, 0.4) is 0 Å². The van der Waals surface area contributed by atoms with Gasteiger partial charge in [-0.2, -0.15) is 0 Å². The molecule has 40 heavy (non-hydrogen) atoms. The predicted octanol–water partition coefficient (Wildman–Crippen LogP) is 4.24. The zero-order valence-electron chi connectivity index (χ0n) is 22.7. The van der Waals surface area contributed by atoms with Crippen LogP contribution < -0.4 is 15.5 Å². The lowest BCUT2D eigenvalue weighted by atomic mass is 9.71. The zero-order valence-corrected chi connectivity index (χ0v) is 22.7. The summed E-state index contributed by atoms with van der Waals surface area (Å²) < 4.78 is 13.0. The third-order valence-corrected chi connectivity index (χ3v) is 7.88. The van der Waals surface area contributed by atoms with Crippen LogP contribution in [0.15, 0.2) is 57.9 Å². The minimum absolute atomic E-state index is 0.00444. The van der Waals surface area contributed by atoms with Gasteiger partial charge in [0.25, 0.3) is 0 Å². The summed E-state index contributed by atoms with van der Waals surface area (Å²) in [6.07, 6.45) is 7.78. The van der Waals surface area contributed by atoms with Crippen molar-refractivity contribution in [3.8, 4) is 17.2 Å². The van der Waals surface area contributed by atoms with Gasteiger partial charge in [-0.05, 0) is 55.0 Å². The number of aryl methyl sites for hydroxylation is 1. The van der Waals surface area contributed by atoms with Crippen LogP contribution in [0.5, 0.6) is 17.2 Å². The van der Waals surface area contributed by atoms with Gasteiger partial charge in [0.05, 0.1) is 13.0 Å². The number of benzene rings is 1. The predicted molar refractivity (Wildman–Crippen MR) is 148 cm³/mol. The highest BCUT2D eigenvalue weighted by molar-refractivity contribution is 5.77. The van der Waals surface area contributed by atoms with E-state index in [1.807, 2.05) is 28.8 Å². The molecule has 10 nitrogen and oxygen atoms in total. The molecule has 1 aromatic carbocycles. The van der Waals surface area contributed by atoms with Gasteiger partial charge in [0.15, 0.2) is 22.9 Å². The Bertz CT molecular complexity index is 1570. The van der Waals surface area contributed by atoms with Gasteiger partial charge < -0.3 is 24.7 Å². The van der Waals surface area contributed by atoms with Crippen molar-refractivity contribution in [2.45, 2.75) is 57.8 Å². The molecule has 1 fully saturated rings. The first-order valence-electron chi connectivity index (χ1n) is 13.5. The van der Waals surface area contributed by atoms with Gasteiger partial charge in [0.2, 0.25) is 17.1 Å². The monoisotopic (exact) mass is 546 g/mol. The molecule has 0 bridgehead atoms. The van der Waals surface area contributed by atoms with Crippen LogP contribution in [0.2, 0.25) is 0 Å². The Balaban J connectivity index is 1.40. The fourth-order valence-electron chi connectivity index (χ4n) is 5.74. The second-order valence-electron chi connectivity index (χ2n) is 10.7. The number of nitrogens with zero attached hydrogens (tertiary/aromatic N) is 3. The molecule has 0 aliphatic heterocycles. The molecule has 0 radical (unpaired) electrons. The smallest absolute Gasteiger partial charge is 0.227 e. The third kappa shape index (κ3) is 5.66. The van der Waals surface area contributed by atoms with Crippen molar-refractivity contribution in [3.05, 3.63) is 81.8 Å². The number of pyridine rings is 1. The van der Waals surface area contributed by atoms with Crippen molar-refractivity contribution in [1.29, 1.82) is 0 Å². The molecule has 0 spiro atoms. The first kappa shape index (κ1) is 27.2. The van der Waals surface area contributed by atoms with E-state index in [1.165, 1.54) is 19.2 Å². The van der Waals surface area contributed by atoms with Crippen molar-refractivity contribution in [1.82, 2.24) is 19.9 Å². The number of phenols is 1. The number of rotatable bonds is 9. The number of carbonyl (C=O) groups is 1. The molecule has 1 amide bonds. The highest BCUT2D eigenvalue weighted by Crippen LogP contribution is 2.40. The Hall–Kier alpha value is -4.34. The van der Waals surface area contributed by atoms with Crippen molar-refractivity contribution >= 4 is 11.6 Å². The number of nitrogens with one attached hydrogen (secondary N) is 1. The van der Waals surface area contributed by atoms with E-state index in [0.717, 1.165) is 43.6 Å². The van der Waals surface area contributed by atoms with Crippen LogP contribution in [0.25, 0.3) is 5.65 Å². The number of hydrogen-bond donors (Lipinski definition) is 3. The van der Waals surface area contributed by atoms with Gasteiger partial charge >= 0.3 is 0 Å². The number of aromatic nitrogens is 3. The molecule has 10 heteroatoms. The Morgan fingerprint density at radius 2 is 1.95 bits per heavy atom. The first-order chi connectivity index (χ1) is 19.3. The maximum absolute atomic E-state index is 13.5. The molecule has 1 saturated carbocycles. The molecule has 210 valence electrons. The van der Waals surface area contributed by atoms with Crippen molar-refractivity contribution in [2.75, 3.05) is 13.7 Å². The molecule has 3 aromatic heterocycles. The molecular weight excluding hydrogens is 512 g/mol. The minimum atomic E-state index is -0.787. The standard InChI is InChI=1S/C30H34N4O6/c1-19-14-23(36)28(38)29(40-19)21(20-9-10-22(35)24(15-20)39-2)16-27(37)31-18-30(11-5-3-6-12-30)17-26-33-32-25-8-4-7-13-34(25)26/h4,7-10,13-15,21,35,38H,3,5-6,11-12,16-18H2,1-2H3,(H,31,37). The lowest BCUT2D eigenvalue weighted by molar-refractivity contribution is -0.122. The molecule has 1 unspecified atom stereocenters. The van der Waals surface area contributed by atoms with Crippen LogP contribution in [-0.4, -0.2) is 44.4 Å². The normalized spacial score (nSPS) is 15.6. The number of carbonyl (C=O) groups excluding carboxylic acids is 1. The van der Waals surface area contributed by atoms with Crippen LogP contribution in [0.1, 0.15) is 67.4 Å². The number of phenolic OH excluding ortho intramolecular Hbond substituents is 1. The molecule has 1 atom stereocenters. The van der Waals surface area contributed by atoms with Gasteiger partial charge in [-0.3, -0.25) is 14.0 Å². The summed E-state index contributed by atoms with van der Waals surface area (Å²) >= 11 is 0. The molecule has 3 heterocycles. The van der Waals surface area contributed by atoms with Crippen LogP contribution in [0.4, 0.5) is 0 Å². The molecule has 1 aliphatic rings. The second-order valence-corrected chi connectivity index (χ2v) is 10.7. The van der Waals surface area contributed by atoms with Gasteiger partial charge in [0, 0.05) is 31.6 Å². The third-order valence-electron chi connectivity index (χ3n) is 7.88. The maximum atomic E-state index is 13.5. The van der Waals surface area contributed by atoms with Crippen LogP contribution in [0, 0.1) is 12.3 Å². The van der Waals surface area contributed by atoms with E-state index in [0.29, 0.717) is 24.3 Å².